The summed E-state index contributed by atoms with van der Waals surface area (Å²) in [6.45, 7) is 12.9. The Balaban J connectivity index is -0.000000853. The summed E-state index contributed by atoms with van der Waals surface area (Å²) in [5, 5.41) is 10.2. The van der Waals surface area contributed by atoms with Gasteiger partial charge in [-0.1, -0.05) is 53.7 Å². The first-order valence-corrected chi connectivity index (χ1v) is 6.21. The molecule has 0 aliphatic carbocycles. The van der Waals surface area contributed by atoms with Crippen molar-refractivity contribution in [2.24, 2.45) is 0 Å². The maximum Gasteiger partial charge on any atom is 0.122 e. The predicted octanol–water partition coefficient (Wildman–Crippen LogP) is 5.25. The van der Waals surface area contributed by atoms with Crippen molar-refractivity contribution < 1.29 is 5.11 Å². The van der Waals surface area contributed by atoms with Crippen molar-refractivity contribution in [2.75, 3.05) is 0 Å². The molecule has 114 valence electrons. The lowest BCUT2D eigenvalue weighted by Gasteiger charge is -2.18. The number of rotatable bonds is 3. The first-order chi connectivity index (χ1) is 7.34. The summed E-state index contributed by atoms with van der Waals surface area (Å²) in [5.41, 5.74) is 3.48. The smallest absolute Gasteiger partial charge is 0.122 e. The van der Waals surface area contributed by atoms with E-state index in [9.17, 15) is 5.11 Å². The van der Waals surface area contributed by atoms with Crippen molar-refractivity contribution in [3.8, 4) is 5.75 Å². The molecular weight excluding hydrogens is 238 g/mol. The molecule has 0 atom stereocenters. The lowest BCUT2D eigenvalue weighted by Crippen LogP contribution is -1.99. The second kappa shape index (κ2) is 8.91. The quantitative estimate of drug-likeness (QED) is 0.599. The Morgan fingerprint density at radius 3 is 1.21 bits per heavy atom. The van der Waals surface area contributed by atoms with E-state index in [1.807, 2.05) is 0 Å². The van der Waals surface area contributed by atoms with Crippen molar-refractivity contribution in [1.29, 1.82) is 0 Å². The lowest BCUT2D eigenvalue weighted by molar-refractivity contribution is 0.454. The van der Waals surface area contributed by atoms with Gasteiger partial charge < -0.3 is 23.6 Å². The number of benzene rings is 1. The monoisotopic (exact) mass is 271 g/mol. The van der Waals surface area contributed by atoms with Crippen LogP contribution in [0.5, 0.6) is 5.75 Å². The molecule has 10 N–H and O–H groups in total. The standard InChI is InChI=1S/C15H24O.3H3N/c1-9(2)12-7-13(10(3)4)15(16)14(8-12)11(5)6;;;/h7-11,16H,1-6H3;3*1H3. The van der Waals surface area contributed by atoms with Crippen LogP contribution in [0.15, 0.2) is 12.1 Å². The Morgan fingerprint density at radius 1 is 0.684 bits per heavy atom. The van der Waals surface area contributed by atoms with Crippen molar-refractivity contribution in [3.63, 3.8) is 0 Å². The van der Waals surface area contributed by atoms with Gasteiger partial charge in [0, 0.05) is 0 Å². The van der Waals surface area contributed by atoms with Crippen LogP contribution >= 0.6 is 0 Å². The first-order valence-electron chi connectivity index (χ1n) is 6.21. The zero-order valence-corrected chi connectivity index (χ0v) is 13.5. The molecule has 0 unspecified atom stereocenters. The summed E-state index contributed by atoms with van der Waals surface area (Å²) in [7, 11) is 0. The Morgan fingerprint density at radius 2 is 1.00 bits per heavy atom. The molecule has 0 aromatic heterocycles. The topological polar surface area (TPSA) is 125 Å². The van der Waals surface area contributed by atoms with Crippen molar-refractivity contribution >= 4 is 0 Å². The first kappa shape index (κ1) is 23.0. The SMILES string of the molecule is CC(C)c1cc(C(C)C)c(O)c(C(C)C)c1.N.N.N. The zero-order valence-electron chi connectivity index (χ0n) is 13.5. The fourth-order valence-electron chi connectivity index (χ4n) is 1.92. The summed E-state index contributed by atoms with van der Waals surface area (Å²) < 4.78 is 0. The largest absolute Gasteiger partial charge is 0.507 e. The number of hydrogen-bond donors (Lipinski definition) is 4. The van der Waals surface area contributed by atoms with Gasteiger partial charge >= 0.3 is 0 Å². The van der Waals surface area contributed by atoms with E-state index in [1.54, 1.807) is 0 Å². The summed E-state index contributed by atoms with van der Waals surface area (Å²) in [5.74, 6) is 1.75. The molecule has 0 aliphatic heterocycles. The Labute approximate surface area is 118 Å². The van der Waals surface area contributed by atoms with Crippen molar-refractivity contribution in [2.45, 2.75) is 59.3 Å². The highest BCUT2D eigenvalue weighted by Gasteiger charge is 2.15. The molecule has 0 radical (unpaired) electrons. The van der Waals surface area contributed by atoms with Crippen LogP contribution in [0.3, 0.4) is 0 Å². The lowest BCUT2D eigenvalue weighted by atomic mass is 9.88. The second-order valence-corrected chi connectivity index (χ2v) is 5.51. The third-order valence-corrected chi connectivity index (χ3v) is 3.10. The van der Waals surface area contributed by atoms with Crippen LogP contribution in [-0.2, 0) is 0 Å². The van der Waals surface area contributed by atoms with Gasteiger partial charge in [0.1, 0.15) is 5.75 Å². The molecular formula is C15H33N3O. The Kier molecular flexibility index (Phi) is 10.8. The van der Waals surface area contributed by atoms with Gasteiger partial charge in [-0.2, -0.15) is 0 Å². The van der Waals surface area contributed by atoms with E-state index >= 15 is 0 Å². The molecule has 0 amide bonds. The van der Waals surface area contributed by atoms with Gasteiger partial charge in [0.15, 0.2) is 0 Å². The zero-order chi connectivity index (χ0) is 12.5. The molecule has 4 heteroatoms. The van der Waals surface area contributed by atoms with Crippen LogP contribution < -0.4 is 18.5 Å². The van der Waals surface area contributed by atoms with E-state index in [2.05, 4.69) is 53.7 Å². The molecule has 0 aliphatic rings. The van der Waals surface area contributed by atoms with Crippen LogP contribution in [0.25, 0.3) is 0 Å². The highest BCUT2D eigenvalue weighted by molar-refractivity contribution is 5.47. The molecule has 0 spiro atoms. The van der Waals surface area contributed by atoms with E-state index < -0.39 is 0 Å². The summed E-state index contributed by atoms with van der Waals surface area (Å²) in [4.78, 5) is 0. The fraction of sp³-hybridized carbons (Fsp3) is 0.600. The number of phenols is 1. The highest BCUT2D eigenvalue weighted by atomic mass is 16.3. The van der Waals surface area contributed by atoms with E-state index in [4.69, 9.17) is 0 Å². The van der Waals surface area contributed by atoms with Crippen LogP contribution in [-0.4, -0.2) is 5.11 Å². The third kappa shape index (κ3) is 5.19. The molecule has 1 aromatic rings. The molecule has 0 bridgehead atoms. The fourth-order valence-corrected chi connectivity index (χ4v) is 1.92. The molecule has 19 heavy (non-hydrogen) atoms. The van der Waals surface area contributed by atoms with Crippen molar-refractivity contribution in [1.82, 2.24) is 18.5 Å². The van der Waals surface area contributed by atoms with Gasteiger partial charge in [0.2, 0.25) is 0 Å². The van der Waals surface area contributed by atoms with Gasteiger partial charge in [-0.3, -0.25) is 0 Å². The Hall–Kier alpha value is -1.10. The van der Waals surface area contributed by atoms with E-state index in [1.165, 1.54) is 5.56 Å². The summed E-state index contributed by atoms with van der Waals surface area (Å²) in [6, 6.07) is 4.30. The maximum atomic E-state index is 10.2. The summed E-state index contributed by atoms with van der Waals surface area (Å²) in [6.07, 6.45) is 0. The summed E-state index contributed by atoms with van der Waals surface area (Å²) >= 11 is 0. The van der Waals surface area contributed by atoms with E-state index in [-0.39, 0.29) is 18.5 Å². The minimum absolute atomic E-state index is 0. The molecule has 0 saturated heterocycles. The van der Waals surface area contributed by atoms with Gasteiger partial charge in [0.05, 0.1) is 0 Å². The average Bonchev–Trinajstić information content (AvgIpc) is 2.16. The Bertz CT molecular complexity index is 345. The average molecular weight is 271 g/mol. The molecule has 0 saturated carbocycles. The van der Waals surface area contributed by atoms with Crippen LogP contribution in [0.2, 0.25) is 0 Å². The van der Waals surface area contributed by atoms with Gasteiger partial charge in [0.25, 0.3) is 0 Å². The minimum Gasteiger partial charge on any atom is -0.507 e. The van der Waals surface area contributed by atoms with Gasteiger partial charge in [-0.05, 0) is 34.4 Å². The third-order valence-electron chi connectivity index (χ3n) is 3.10. The maximum absolute atomic E-state index is 10.2. The molecule has 0 heterocycles. The van der Waals surface area contributed by atoms with Crippen LogP contribution in [0.4, 0.5) is 0 Å². The highest BCUT2D eigenvalue weighted by Crippen LogP contribution is 2.36. The molecule has 4 nitrogen and oxygen atoms in total. The van der Waals surface area contributed by atoms with Crippen LogP contribution in [0, 0.1) is 0 Å². The van der Waals surface area contributed by atoms with Gasteiger partial charge in [-0.15, -0.1) is 0 Å². The molecule has 1 rings (SSSR count). The molecule has 0 fully saturated rings. The second-order valence-electron chi connectivity index (χ2n) is 5.51. The van der Waals surface area contributed by atoms with Crippen LogP contribution in [0.1, 0.15) is 76.0 Å². The van der Waals surface area contributed by atoms with E-state index in [0.717, 1.165) is 11.1 Å². The normalized spacial score (nSPS) is 9.95. The number of hydrogen-bond acceptors (Lipinski definition) is 4. The molecule has 1 aromatic carbocycles. The predicted molar refractivity (Wildman–Crippen MR) is 85.4 cm³/mol. The van der Waals surface area contributed by atoms with Crippen molar-refractivity contribution in [3.05, 3.63) is 28.8 Å². The van der Waals surface area contributed by atoms with Gasteiger partial charge in [-0.25, -0.2) is 0 Å². The van der Waals surface area contributed by atoms with E-state index in [0.29, 0.717) is 23.5 Å². The minimum atomic E-state index is 0. The number of aromatic hydroxyl groups is 1. The number of phenolic OH excluding ortho intramolecular Hbond substituents is 1.